The average molecular weight is 160 g/mol. The Hall–Kier alpha value is -0.600. The summed E-state index contributed by atoms with van der Waals surface area (Å²) in [6.45, 7) is 0. The first-order chi connectivity index (χ1) is 5.22. The normalized spacial score (nSPS) is 23.0. The number of carboxylic acids is 1. The lowest BCUT2D eigenvalue weighted by Crippen LogP contribution is -2.26. The molecule has 3 heteroatoms. The number of hydrogen-bond acceptors (Lipinski definition) is 1. The molecule has 0 aromatic heterocycles. The van der Waals surface area contributed by atoms with Crippen LogP contribution < -0.4 is 0 Å². The number of carboxylic acid groups (broad SMARTS) is 1. The first kappa shape index (κ1) is 8.50. The van der Waals surface area contributed by atoms with Crippen molar-refractivity contribution in [3.05, 3.63) is 0 Å². The second-order valence-corrected chi connectivity index (χ2v) is 3.14. The van der Waals surface area contributed by atoms with Crippen LogP contribution in [-0.4, -0.2) is 17.2 Å². The summed E-state index contributed by atoms with van der Waals surface area (Å²) in [7, 11) is 0. The van der Waals surface area contributed by atoms with E-state index in [2.05, 4.69) is 0 Å². The third-order valence-corrected chi connectivity index (χ3v) is 2.30. The van der Waals surface area contributed by atoms with Crippen molar-refractivity contribution in [2.24, 2.45) is 5.92 Å². The predicted octanol–water partition coefficient (Wildman–Crippen LogP) is 1.99. The van der Waals surface area contributed by atoms with Crippen LogP contribution in [0.15, 0.2) is 0 Å². The third kappa shape index (κ3) is 2.17. The van der Waals surface area contributed by atoms with Gasteiger partial charge in [-0.1, -0.05) is 19.3 Å². The molecule has 11 heavy (non-hydrogen) atoms. The molecule has 0 saturated heterocycles. The highest BCUT2D eigenvalue weighted by molar-refractivity contribution is 5.72. The molecule has 0 spiro atoms. The van der Waals surface area contributed by atoms with E-state index in [1.165, 1.54) is 0 Å². The van der Waals surface area contributed by atoms with Crippen LogP contribution in [0.25, 0.3) is 0 Å². The number of rotatable bonds is 2. The van der Waals surface area contributed by atoms with Crippen molar-refractivity contribution in [3.8, 4) is 0 Å². The van der Waals surface area contributed by atoms with Gasteiger partial charge in [0.25, 0.3) is 0 Å². The number of aliphatic carboxylic acids is 1. The molecular formula is C8H13FO2. The fourth-order valence-corrected chi connectivity index (χ4v) is 1.63. The molecule has 0 bridgehead atoms. The summed E-state index contributed by atoms with van der Waals surface area (Å²) in [4.78, 5) is 10.2. The molecule has 1 aliphatic rings. The van der Waals surface area contributed by atoms with Gasteiger partial charge in [0.1, 0.15) is 0 Å². The van der Waals surface area contributed by atoms with Crippen molar-refractivity contribution in [2.75, 3.05) is 0 Å². The van der Waals surface area contributed by atoms with Crippen LogP contribution in [0.4, 0.5) is 4.39 Å². The monoisotopic (exact) mass is 160 g/mol. The largest absolute Gasteiger partial charge is 0.479 e. The van der Waals surface area contributed by atoms with Gasteiger partial charge < -0.3 is 5.11 Å². The van der Waals surface area contributed by atoms with Gasteiger partial charge in [-0.15, -0.1) is 0 Å². The number of halogens is 1. The molecule has 1 fully saturated rings. The summed E-state index contributed by atoms with van der Waals surface area (Å²) in [5, 5.41) is 8.36. The van der Waals surface area contributed by atoms with E-state index in [-0.39, 0.29) is 5.92 Å². The molecule has 1 aliphatic carbocycles. The van der Waals surface area contributed by atoms with E-state index in [1.54, 1.807) is 0 Å². The Morgan fingerprint density at radius 3 is 2.36 bits per heavy atom. The van der Waals surface area contributed by atoms with Crippen LogP contribution in [0.1, 0.15) is 32.1 Å². The van der Waals surface area contributed by atoms with Crippen molar-refractivity contribution in [2.45, 2.75) is 38.3 Å². The standard InChI is InChI=1S/C8H13FO2/c9-7(8(10)11)6-4-2-1-3-5-6/h6-7H,1-5H2,(H,10,11)/t7-/m0/s1. The van der Waals surface area contributed by atoms with E-state index in [0.717, 1.165) is 32.1 Å². The quantitative estimate of drug-likeness (QED) is 0.670. The molecule has 0 radical (unpaired) electrons. The fraction of sp³-hybridized carbons (Fsp3) is 0.875. The topological polar surface area (TPSA) is 37.3 Å². The minimum Gasteiger partial charge on any atom is -0.479 e. The molecule has 0 amide bonds. The molecule has 2 nitrogen and oxygen atoms in total. The van der Waals surface area contributed by atoms with Gasteiger partial charge in [0.15, 0.2) is 6.17 Å². The van der Waals surface area contributed by atoms with Crippen LogP contribution >= 0.6 is 0 Å². The number of carbonyl (C=O) groups is 1. The highest BCUT2D eigenvalue weighted by Crippen LogP contribution is 2.27. The van der Waals surface area contributed by atoms with Gasteiger partial charge in [0, 0.05) is 5.92 Å². The lowest BCUT2D eigenvalue weighted by Gasteiger charge is -2.22. The SMILES string of the molecule is O=C(O)[C@@H](F)C1CCCCC1. The number of hydrogen-bond donors (Lipinski definition) is 1. The van der Waals surface area contributed by atoms with Crippen LogP contribution in [0, 0.1) is 5.92 Å². The first-order valence-electron chi connectivity index (χ1n) is 4.08. The molecule has 0 aliphatic heterocycles. The van der Waals surface area contributed by atoms with Crippen LogP contribution in [-0.2, 0) is 4.79 Å². The Bertz CT molecular complexity index is 141. The fourth-order valence-electron chi connectivity index (χ4n) is 1.63. The van der Waals surface area contributed by atoms with Crippen molar-refractivity contribution in [1.29, 1.82) is 0 Å². The predicted molar refractivity (Wildman–Crippen MR) is 39.1 cm³/mol. The zero-order chi connectivity index (χ0) is 8.27. The molecule has 0 aromatic carbocycles. The van der Waals surface area contributed by atoms with Crippen molar-refractivity contribution in [3.63, 3.8) is 0 Å². The van der Waals surface area contributed by atoms with Gasteiger partial charge in [-0.2, -0.15) is 0 Å². The Labute approximate surface area is 65.4 Å². The molecule has 1 saturated carbocycles. The summed E-state index contributed by atoms with van der Waals surface area (Å²) in [5.74, 6) is -1.52. The third-order valence-electron chi connectivity index (χ3n) is 2.30. The molecular weight excluding hydrogens is 147 g/mol. The van der Waals surface area contributed by atoms with E-state index < -0.39 is 12.1 Å². The van der Waals surface area contributed by atoms with Crippen molar-refractivity contribution in [1.82, 2.24) is 0 Å². The smallest absolute Gasteiger partial charge is 0.338 e. The van der Waals surface area contributed by atoms with Gasteiger partial charge in [0.2, 0.25) is 0 Å². The number of alkyl halides is 1. The Morgan fingerprint density at radius 2 is 1.91 bits per heavy atom. The maximum Gasteiger partial charge on any atom is 0.338 e. The highest BCUT2D eigenvalue weighted by atomic mass is 19.1. The Kier molecular flexibility index (Phi) is 2.85. The zero-order valence-electron chi connectivity index (χ0n) is 6.42. The summed E-state index contributed by atoms with van der Waals surface area (Å²) in [6, 6.07) is 0. The Balaban J connectivity index is 2.38. The second-order valence-electron chi connectivity index (χ2n) is 3.14. The molecule has 0 aromatic rings. The minimum absolute atomic E-state index is 0.221. The van der Waals surface area contributed by atoms with Crippen LogP contribution in [0.5, 0.6) is 0 Å². The average Bonchev–Trinajstić information content (AvgIpc) is 2.05. The van der Waals surface area contributed by atoms with Gasteiger partial charge in [0.05, 0.1) is 0 Å². The maximum absolute atomic E-state index is 12.8. The minimum atomic E-state index is -1.63. The van der Waals surface area contributed by atoms with Gasteiger partial charge in [-0.3, -0.25) is 0 Å². The van der Waals surface area contributed by atoms with E-state index in [9.17, 15) is 9.18 Å². The van der Waals surface area contributed by atoms with Crippen LogP contribution in [0.3, 0.4) is 0 Å². The van der Waals surface area contributed by atoms with Gasteiger partial charge in [-0.25, -0.2) is 9.18 Å². The van der Waals surface area contributed by atoms with E-state index in [0.29, 0.717) is 0 Å². The maximum atomic E-state index is 12.8. The lowest BCUT2D eigenvalue weighted by atomic mass is 9.86. The van der Waals surface area contributed by atoms with Gasteiger partial charge in [-0.05, 0) is 12.8 Å². The second kappa shape index (κ2) is 3.69. The zero-order valence-corrected chi connectivity index (χ0v) is 6.42. The highest BCUT2D eigenvalue weighted by Gasteiger charge is 2.28. The molecule has 0 heterocycles. The Morgan fingerprint density at radius 1 is 1.36 bits per heavy atom. The summed E-state index contributed by atoms with van der Waals surface area (Å²) in [5.41, 5.74) is 0. The van der Waals surface area contributed by atoms with E-state index in [1.807, 2.05) is 0 Å². The lowest BCUT2D eigenvalue weighted by molar-refractivity contribution is -0.145. The van der Waals surface area contributed by atoms with Crippen molar-refractivity contribution < 1.29 is 14.3 Å². The van der Waals surface area contributed by atoms with E-state index in [4.69, 9.17) is 5.11 Å². The molecule has 0 unspecified atom stereocenters. The summed E-state index contributed by atoms with van der Waals surface area (Å²) >= 11 is 0. The molecule has 1 rings (SSSR count). The van der Waals surface area contributed by atoms with Gasteiger partial charge >= 0.3 is 5.97 Å². The molecule has 1 N–H and O–H groups in total. The molecule has 64 valence electrons. The van der Waals surface area contributed by atoms with Crippen LogP contribution in [0.2, 0.25) is 0 Å². The van der Waals surface area contributed by atoms with E-state index >= 15 is 0 Å². The summed E-state index contributed by atoms with van der Waals surface area (Å²) in [6.07, 6.45) is 2.95. The summed E-state index contributed by atoms with van der Waals surface area (Å²) < 4.78 is 12.8. The van der Waals surface area contributed by atoms with Crippen molar-refractivity contribution >= 4 is 5.97 Å². The molecule has 1 atom stereocenters. The first-order valence-corrected chi connectivity index (χ1v) is 4.08.